The number of fused-ring (bicyclic) bond motifs is 1. The smallest absolute Gasteiger partial charge is 0.194 e. The lowest BCUT2D eigenvalue weighted by molar-refractivity contribution is 0.446. The molecule has 2 aromatic heterocycles. The summed E-state index contributed by atoms with van der Waals surface area (Å²) < 4.78 is 41.0. The summed E-state index contributed by atoms with van der Waals surface area (Å²) in [6.45, 7) is 1.68. The van der Waals surface area contributed by atoms with Crippen molar-refractivity contribution in [3.05, 3.63) is 41.6 Å². The van der Waals surface area contributed by atoms with Gasteiger partial charge in [-0.2, -0.15) is 5.10 Å². The molecule has 5 nitrogen and oxygen atoms in total. The first-order valence-electron chi connectivity index (χ1n) is 6.06. The number of hydrogen-bond donors (Lipinski definition) is 1. The van der Waals surface area contributed by atoms with Crippen LogP contribution in [0.25, 0.3) is 16.7 Å². The van der Waals surface area contributed by atoms with Gasteiger partial charge in [-0.25, -0.2) is 27.8 Å². The number of benzene rings is 1. The summed E-state index contributed by atoms with van der Waals surface area (Å²) in [4.78, 5) is 8.41. The van der Waals surface area contributed by atoms with Crippen LogP contribution >= 0.6 is 0 Å². The highest BCUT2D eigenvalue weighted by Gasteiger charge is 2.16. The van der Waals surface area contributed by atoms with Gasteiger partial charge in [-0.1, -0.05) is 0 Å². The molecule has 108 valence electrons. The van der Waals surface area contributed by atoms with Crippen LogP contribution in [0.5, 0.6) is 0 Å². The van der Waals surface area contributed by atoms with Crippen molar-refractivity contribution in [3.8, 4) is 5.69 Å². The van der Waals surface area contributed by atoms with E-state index in [1.54, 1.807) is 14.0 Å². The fourth-order valence-corrected chi connectivity index (χ4v) is 2.06. The molecule has 0 spiro atoms. The molecule has 0 aliphatic heterocycles. The van der Waals surface area contributed by atoms with E-state index in [1.807, 2.05) is 0 Å². The number of hydrogen-bond acceptors (Lipinski definition) is 4. The van der Waals surface area contributed by atoms with Gasteiger partial charge in [0.1, 0.15) is 11.6 Å². The van der Waals surface area contributed by atoms with Gasteiger partial charge in [0.25, 0.3) is 0 Å². The second-order valence-corrected chi connectivity index (χ2v) is 4.39. The molecule has 1 N–H and O–H groups in total. The number of aromatic nitrogens is 4. The van der Waals surface area contributed by atoms with Gasteiger partial charge in [0.05, 0.1) is 17.3 Å². The van der Waals surface area contributed by atoms with Crippen LogP contribution in [0, 0.1) is 24.4 Å². The monoisotopic (exact) mass is 293 g/mol. The second kappa shape index (κ2) is 4.72. The van der Waals surface area contributed by atoms with Crippen LogP contribution in [-0.2, 0) is 0 Å². The van der Waals surface area contributed by atoms with E-state index < -0.39 is 17.5 Å². The summed E-state index contributed by atoms with van der Waals surface area (Å²) in [5.74, 6) is -3.07. The molecule has 0 radical (unpaired) electrons. The lowest BCUT2D eigenvalue weighted by Gasteiger charge is -2.06. The van der Waals surface area contributed by atoms with E-state index in [4.69, 9.17) is 0 Å². The Balaban J connectivity index is 2.29. The normalized spacial score (nSPS) is 11.1. The quantitative estimate of drug-likeness (QED) is 0.738. The topological polar surface area (TPSA) is 55.6 Å². The highest BCUT2D eigenvalue weighted by molar-refractivity contribution is 5.87. The van der Waals surface area contributed by atoms with E-state index in [-0.39, 0.29) is 5.69 Å². The van der Waals surface area contributed by atoms with Crippen LogP contribution in [-0.4, -0.2) is 26.8 Å². The molecule has 2 heterocycles. The van der Waals surface area contributed by atoms with Crippen molar-refractivity contribution in [1.29, 1.82) is 0 Å². The standard InChI is InChI=1S/C13H10F3N5/c1-6-19-12(17-2)8-5-18-21(13(8)20-6)7-3-9(14)11(16)10(15)4-7/h3-5H,1-2H3,(H,17,19,20). The zero-order valence-electron chi connectivity index (χ0n) is 11.2. The van der Waals surface area contributed by atoms with Gasteiger partial charge in [-0.3, -0.25) is 0 Å². The Morgan fingerprint density at radius 2 is 1.76 bits per heavy atom. The number of aryl methyl sites for hydroxylation is 1. The Labute approximate surface area is 117 Å². The number of rotatable bonds is 2. The molecule has 0 saturated heterocycles. The Morgan fingerprint density at radius 3 is 2.38 bits per heavy atom. The summed E-state index contributed by atoms with van der Waals surface area (Å²) in [5.41, 5.74) is 0.416. The van der Waals surface area contributed by atoms with Crippen molar-refractivity contribution >= 4 is 16.9 Å². The molecule has 8 heteroatoms. The third kappa shape index (κ3) is 2.08. The predicted molar refractivity (Wildman–Crippen MR) is 70.8 cm³/mol. The maximum Gasteiger partial charge on any atom is 0.194 e. The van der Waals surface area contributed by atoms with Gasteiger partial charge in [0, 0.05) is 19.2 Å². The third-order valence-corrected chi connectivity index (χ3v) is 2.99. The zero-order chi connectivity index (χ0) is 15.1. The molecule has 0 saturated carbocycles. The third-order valence-electron chi connectivity index (χ3n) is 2.99. The fourth-order valence-electron chi connectivity index (χ4n) is 2.06. The molecule has 0 aliphatic carbocycles. The van der Waals surface area contributed by atoms with Crippen LogP contribution < -0.4 is 5.32 Å². The molecule has 0 bridgehead atoms. The molecule has 0 atom stereocenters. The van der Waals surface area contributed by atoms with Crippen LogP contribution in [0.2, 0.25) is 0 Å². The first kappa shape index (κ1) is 13.3. The lowest BCUT2D eigenvalue weighted by Crippen LogP contribution is -2.03. The van der Waals surface area contributed by atoms with Crippen molar-refractivity contribution in [1.82, 2.24) is 19.7 Å². The summed E-state index contributed by atoms with van der Waals surface area (Å²) >= 11 is 0. The molecular formula is C13H10F3N5. The Kier molecular flexibility index (Phi) is 3.00. The molecule has 3 rings (SSSR count). The summed E-state index contributed by atoms with van der Waals surface area (Å²) in [6.07, 6.45) is 1.47. The average molecular weight is 293 g/mol. The summed E-state index contributed by atoms with van der Waals surface area (Å²) in [6, 6.07) is 1.72. The second-order valence-electron chi connectivity index (χ2n) is 4.39. The highest BCUT2D eigenvalue weighted by Crippen LogP contribution is 2.24. The Bertz CT molecular complexity index is 820. The van der Waals surface area contributed by atoms with Crippen molar-refractivity contribution in [2.24, 2.45) is 0 Å². The van der Waals surface area contributed by atoms with Crippen molar-refractivity contribution in [2.45, 2.75) is 6.92 Å². The van der Waals surface area contributed by atoms with E-state index in [0.717, 1.165) is 12.1 Å². The van der Waals surface area contributed by atoms with Gasteiger partial charge in [0.2, 0.25) is 0 Å². The first-order chi connectivity index (χ1) is 10.0. The number of nitrogens with one attached hydrogen (secondary N) is 1. The minimum Gasteiger partial charge on any atom is -0.372 e. The Morgan fingerprint density at radius 1 is 1.10 bits per heavy atom. The average Bonchev–Trinajstić information content (AvgIpc) is 2.86. The van der Waals surface area contributed by atoms with Crippen molar-refractivity contribution in [3.63, 3.8) is 0 Å². The van der Waals surface area contributed by atoms with Crippen LogP contribution in [0.1, 0.15) is 5.82 Å². The predicted octanol–water partition coefficient (Wildman–Crippen LogP) is 2.58. The molecule has 1 aromatic carbocycles. The van der Waals surface area contributed by atoms with Crippen LogP contribution in [0.15, 0.2) is 18.3 Å². The minimum absolute atomic E-state index is 0.0431. The zero-order valence-corrected chi connectivity index (χ0v) is 11.2. The maximum absolute atomic E-state index is 13.4. The molecule has 0 fully saturated rings. The van der Waals surface area contributed by atoms with E-state index in [9.17, 15) is 13.2 Å². The Hall–Kier alpha value is -2.64. The van der Waals surface area contributed by atoms with Crippen molar-refractivity contribution in [2.75, 3.05) is 12.4 Å². The first-order valence-corrected chi connectivity index (χ1v) is 6.06. The molecule has 0 unspecified atom stereocenters. The van der Waals surface area contributed by atoms with E-state index in [2.05, 4.69) is 20.4 Å². The number of nitrogens with zero attached hydrogens (tertiary/aromatic N) is 4. The van der Waals surface area contributed by atoms with Gasteiger partial charge in [0.15, 0.2) is 23.1 Å². The molecule has 0 aliphatic rings. The molecule has 21 heavy (non-hydrogen) atoms. The minimum atomic E-state index is -1.52. The number of anilines is 1. The van der Waals surface area contributed by atoms with Gasteiger partial charge in [-0.15, -0.1) is 0 Å². The lowest BCUT2D eigenvalue weighted by atomic mass is 10.3. The van der Waals surface area contributed by atoms with Gasteiger partial charge >= 0.3 is 0 Å². The molecule has 0 amide bonds. The summed E-state index contributed by atoms with van der Waals surface area (Å²) in [7, 11) is 1.69. The number of halogens is 3. The van der Waals surface area contributed by atoms with E-state index in [0.29, 0.717) is 22.7 Å². The van der Waals surface area contributed by atoms with Crippen LogP contribution in [0.4, 0.5) is 19.0 Å². The van der Waals surface area contributed by atoms with Crippen LogP contribution in [0.3, 0.4) is 0 Å². The SMILES string of the molecule is CNc1nc(C)nc2c1cnn2-c1cc(F)c(F)c(F)c1. The highest BCUT2D eigenvalue weighted by atomic mass is 19.2. The van der Waals surface area contributed by atoms with Gasteiger partial charge < -0.3 is 5.32 Å². The largest absolute Gasteiger partial charge is 0.372 e. The fraction of sp³-hybridized carbons (Fsp3) is 0.154. The molecule has 3 aromatic rings. The van der Waals surface area contributed by atoms with Crippen molar-refractivity contribution < 1.29 is 13.2 Å². The van der Waals surface area contributed by atoms with Gasteiger partial charge in [-0.05, 0) is 6.92 Å². The van der Waals surface area contributed by atoms with E-state index in [1.165, 1.54) is 10.9 Å². The molecular weight excluding hydrogens is 283 g/mol. The summed E-state index contributed by atoms with van der Waals surface area (Å²) in [5, 5.41) is 7.53. The van der Waals surface area contributed by atoms with E-state index >= 15 is 0 Å². The maximum atomic E-state index is 13.4.